The van der Waals surface area contributed by atoms with Gasteiger partial charge in [-0.25, -0.2) is 0 Å². The molecule has 5 heteroatoms. The fourth-order valence-corrected chi connectivity index (χ4v) is 1.81. The van der Waals surface area contributed by atoms with Crippen LogP contribution in [0.3, 0.4) is 0 Å². The van der Waals surface area contributed by atoms with E-state index in [0.29, 0.717) is 25.8 Å². The largest absolute Gasteiger partial charge is 0.379 e. The Balaban J connectivity index is 0.00000289. The van der Waals surface area contributed by atoms with Crippen LogP contribution in [0, 0.1) is 0 Å². The molecule has 0 heterocycles. The molecule has 0 aromatic heterocycles. The van der Waals surface area contributed by atoms with Crippen molar-refractivity contribution in [2.75, 3.05) is 33.4 Å². The summed E-state index contributed by atoms with van der Waals surface area (Å²) in [6.45, 7) is 4.95. The molecule has 1 atom stereocenters. The van der Waals surface area contributed by atoms with Gasteiger partial charge in [-0.2, -0.15) is 0 Å². The van der Waals surface area contributed by atoms with Gasteiger partial charge in [0, 0.05) is 24.2 Å². The minimum atomic E-state index is 0. The van der Waals surface area contributed by atoms with Gasteiger partial charge in [0.15, 0.2) is 0 Å². The first-order chi connectivity index (χ1) is 8.15. The van der Waals surface area contributed by atoms with E-state index in [1.807, 2.05) is 18.2 Å². The quantitative estimate of drug-likeness (QED) is 0.786. The topological polar surface area (TPSA) is 38.5 Å². The first-order valence-electron chi connectivity index (χ1n) is 5.88. The Morgan fingerprint density at radius 1 is 1.39 bits per heavy atom. The molecule has 104 valence electrons. The van der Waals surface area contributed by atoms with Gasteiger partial charge in [0.1, 0.15) is 0 Å². The van der Waals surface area contributed by atoms with E-state index in [0.717, 1.165) is 11.6 Å². The van der Waals surface area contributed by atoms with Crippen molar-refractivity contribution in [3.8, 4) is 0 Å². The molecule has 0 saturated heterocycles. The Kier molecular flexibility index (Phi) is 9.42. The zero-order chi connectivity index (χ0) is 12.7. The van der Waals surface area contributed by atoms with Crippen LogP contribution in [0.5, 0.6) is 0 Å². The van der Waals surface area contributed by atoms with Gasteiger partial charge < -0.3 is 10.5 Å². The molecule has 0 fully saturated rings. The maximum absolute atomic E-state index is 5.98. The summed E-state index contributed by atoms with van der Waals surface area (Å²) in [7, 11) is 2.08. The fourth-order valence-electron chi connectivity index (χ4n) is 1.61. The highest BCUT2D eigenvalue weighted by Crippen LogP contribution is 2.21. The molecule has 1 unspecified atom stereocenters. The molecular weight excluding hydrogens is 271 g/mol. The third kappa shape index (κ3) is 6.03. The molecule has 0 amide bonds. The van der Waals surface area contributed by atoms with Crippen molar-refractivity contribution in [3.63, 3.8) is 0 Å². The molecule has 0 aliphatic rings. The molecule has 1 aromatic carbocycles. The Labute approximate surface area is 121 Å². The summed E-state index contributed by atoms with van der Waals surface area (Å²) in [5.74, 6) is 0. The third-order valence-electron chi connectivity index (χ3n) is 2.84. The summed E-state index contributed by atoms with van der Waals surface area (Å²) in [6, 6.07) is 8.29. The van der Waals surface area contributed by atoms with Crippen LogP contribution in [0.15, 0.2) is 24.3 Å². The number of hydrogen-bond acceptors (Lipinski definition) is 3. The predicted octanol–water partition coefficient (Wildman–Crippen LogP) is 2.73. The molecular formula is C13H22Cl2N2O. The van der Waals surface area contributed by atoms with E-state index in [1.165, 1.54) is 5.56 Å². The molecule has 0 saturated carbocycles. The molecule has 2 N–H and O–H groups in total. The predicted molar refractivity (Wildman–Crippen MR) is 79.6 cm³/mol. The summed E-state index contributed by atoms with van der Waals surface area (Å²) < 4.78 is 5.37. The molecule has 0 bridgehead atoms. The van der Waals surface area contributed by atoms with E-state index < -0.39 is 0 Å². The zero-order valence-electron chi connectivity index (χ0n) is 10.9. The molecule has 0 aliphatic heterocycles. The van der Waals surface area contributed by atoms with Crippen LogP contribution in [-0.4, -0.2) is 38.3 Å². The molecule has 3 nitrogen and oxygen atoms in total. The number of nitrogens with zero attached hydrogens (tertiary/aromatic N) is 1. The summed E-state index contributed by atoms with van der Waals surface area (Å²) in [5, 5.41) is 0.780. The molecule has 0 radical (unpaired) electrons. The van der Waals surface area contributed by atoms with Gasteiger partial charge in [0.05, 0.1) is 13.2 Å². The first-order valence-corrected chi connectivity index (χ1v) is 6.26. The lowest BCUT2D eigenvalue weighted by Crippen LogP contribution is -2.27. The Hall–Kier alpha value is -0.320. The van der Waals surface area contributed by atoms with Crippen molar-refractivity contribution in [3.05, 3.63) is 34.9 Å². The molecule has 1 rings (SSSR count). The lowest BCUT2D eigenvalue weighted by atomic mass is 10.1. The normalized spacial score (nSPS) is 12.3. The van der Waals surface area contributed by atoms with Crippen molar-refractivity contribution < 1.29 is 4.74 Å². The lowest BCUT2D eigenvalue weighted by Gasteiger charge is -2.25. The summed E-state index contributed by atoms with van der Waals surface area (Å²) in [6.07, 6.45) is 0. The van der Waals surface area contributed by atoms with E-state index in [1.54, 1.807) is 0 Å². The van der Waals surface area contributed by atoms with Crippen LogP contribution in [-0.2, 0) is 4.74 Å². The van der Waals surface area contributed by atoms with Gasteiger partial charge in [-0.1, -0.05) is 23.7 Å². The lowest BCUT2D eigenvalue weighted by molar-refractivity contribution is 0.106. The first kappa shape index (κ1) is 17.7. The van der Waals surface area contributed by atoms with Gasteiger partial charge in [-0.05, 0) is 31.7 Å². The Morgan fingerprint density at radius 3 is 2.72 bits per heavy atom. The standard InChI is InChI=1S/C13H21ClN2O.ClH/c1-11(12-4-3-5-13(14)10-12)16(2)7-9-17-8-6-15;/h3-5,10-11H,6-9,15H2,1-2H3;1H. The van der Waals surface area contributed by atoms with Crippen molar-refractivity contribution >= 4 is 24.0 Å². The second-order valence-electron chi connectivity index (χ2n) is 4.11. The highest BCUT2D eigenvalue weighted by molar-refractivity contribution is 6.30. The molecule has 0 aliphatic carbocycles. The number of hydrogen-bond donors (Lipinski definition) is 1. The van der Waals surface area contributed by atoms with Gasteiger partial charge in [-0.3, -0.25) is 4.90 Å². The van der Waals surface area contributed by atoms with Crippen molar-refractivity contribution in [1.29, 1.82) is 0 Å². The SMILES string of the molecule is CC(c1cccc(Cl)c1)N(C)CCOCCN.Cl. The molecule has 1 aromatic rings. The van der Waals surface area contributed by atoms with Crippen LogP contribution in [0.4, 0.5) is 0 Å². The number of benzene rings is 1. The van der Waals surface area contributed by atoms with Crippen molar-refractivity contribution in [2.45, 2.75) is 13.0 Å². The maximum atomic E-state index is 5.98. The average molecular weight is 293 g/mol. The highest BCUT2D eigenvalue weighted by atomic mass is 35.5. The van der Waals surface area contributed by atoms with E-state index in [4.69, 9.17) is 22.1 Å². The number of ether oxygens (including phenoxy) is 1. The van der Waals surface area contributed by atoms with Crippen molar-refractivity contribution in [1.82, 2.24) is 4.90 Å². The van der Waals surface area contributed by atoms with E-state index in [2.05, 4.69) is 24.9 Å². The number of halogens is 2. The Morgan fingerprint density at radius 2 is 2.11 bits per heavy atom. The number of rotatable bonds is 7. The minimum absolute atomic E-state index is 0. The fraction of sp³-hybridized carbons (Fsp3) is 0.538. The van der Waals surface area contributed by atoms with Gasteiger partial charge in [0.2, 0.25) is 0 Å². The van der Waals surface area contributed by atoms with Crippen LogP contribution >= 0.6 is 24.0 Å². The summed E-state index contributed by atoms with van der Waals surface area (Å²) >= 11 is 5.98. The van der Waals surface area contributed by atoms with Gasteiger partial charge >= 0.3 is 0 Å². The zero-order valence-corrected chi connectivity index (χ0v) is 12.5. The van der Waals surface area contributed by atoms with Crippen LogP contribution in [0.1, 0.15) is 18.5 Å². The monoisotopic (exact) mass is 292 g/mol. The number of nitrogens with two attached hydrogens (primary N) is 1. The van der Waals surface area contributed by atoms with Crippen LogP contribution in [0.2, 0.25) is 5.02 Å². The van der Waals surface area contributed by atoms with E-state index in [9.17, 15) is 0 Å². The second kappa shape index (κ2) is 9.59. The van der Waals surface area contributed by atoms with Crippen LogP contribution < -0.4 is 5.73 Å². The minimum Gasteiger partial charge on any atom is -0.379 e. The smallest absolute Gasteiger partial charge is 0.0594 e. The second-order valence-corrected chi connectivity index (χ2v) is 4.55. The number of likely N-dealkylation sites (N-methyl/N-ethyl adjacent to an activating group) is 1. The Bertz CT molecular complexity index is 337. The van der Waals surface area contributed by atoms with E-state index in [-0.39, 0.29) is 12.4 Å². The van der Waals surface area contributed by atoms with E-state index >= 15 is 0 Å². The average Bonchev–Trinajstić information content (AvgIpc) is 2.33. The van der Waals surface area contributed by atoms with Gasteiger partial charge in [-0.15, -0.1) is 12.4 Å². The molecule has 0 spiro atoms. The third-order valence-corrected chi connectivity index (χ3v) is 3.08. The molecule has 18 heavy (non-hydrogen) atoms. The van der Waals surface area contributed by atoms with Gasteiger partial charge in [0.25, 0.3) is 0 Å². The highest BCUT2D eigenvalue weighted by Gasteiger charge is 2.11. The van der Waals surface area contributed by atoms with Crippen molar-refractivity contribution in [2.24, 2.45) is 5.73 Å². The summed E-state index contributed by atoms with van der Waals surface area (Å²) in [4.78, 5) is 2.24. The summed E-state index contributed by atoms with van der Waals surface area (Å²) in [5.41, 5.74) is 6.58. The maximum Gasteiger partial charge on any atom is 0.0594 e. The van der Waals surface area contributed by atoms with Crippen LogP contribution in [0.25, 0.3) is 0 Å².